The molecule has 0 spiro atoms. The van der Waals surface area contributed by atoms with Gasteiger partial charge >= 0.3 is 0 Å². The first-order valence-corrected chi connectivity index (χ1v) is 7.95. The lowest BCUT2D eigenvalue weighted by atomic mass is 10.2. The number of aryl methyl sites for hydroxylation is 1. The maximum atomic E-state index is 11.4. The van der Waals surface area contributed by atoms with Gasteiger partial charge in [-0.25, -0.2) is 8.42 Å². The van der Waals surface area contributed by atoms with Crippen molar-refractivity contribution in [3.8, 4) is 5.75 Å². The maximum absolute atomic E-state index is 11.4. The highest BCUT2D eigenvalue weighted by atomic mass is 32.2. The van der Waals surface area contributed by atoms with Gasteiger partial charge in [0, 0.05) is 6.54 Å². The molecule has 18 heavy (non-hydrogen) atoms. The zero-order valence-corrected chi connectivity index (χ0v) is 11.6. The molecule has 1 aromatic carbocycles. The topological polar surface area (TPSA) is 69.4 Å². The van der Waals surface area contributed by atoms with E-state index in [1.165, 1.54) is 5.56 Å². The van der Waals surface area contributed by atoms with E-state index in [0.717, 1.165) is 12.2 Å². The number of unbranched alkanes of at least 4 members (excludes halogenated alkanes) is 1. The van der Waals surface area contributed by atoms with E-state index < -0.39 is 9.84 Å². The van der Waals surface area contributed by atoms with Crippen LogP contribution in [-0.4, -0.2) is 33.1 Å². The van der Waals surface area contributed by atoms with Crippen LogP contribution in [0.3, 0.4) is 0 Å². The molecule has 0 aliphatic rings. The summed E-state index contributed by atoms with van der Waals surface area (Å²) >= 11 is 0. The van der Waals surface area contributed by atoms with Gasteiger partial charge in [-0.15, -0.1) is 0 Å². The first kappa shape index (κ1) is 15.0. The van der Waals surface area contributed by atoms with E-state index in [2.05, 4.69) is 0 Å². The number of benzene rings is 1. The average molecular weight is 271 g/mol. The van der Waals surface area contributed by atoms with Crippen molar-refractivity contribution >= 4 is 9.84 Å². The zero-order chi connectivity index (χ0) is 13.4. The van der Waals surface area contributed by atoms with Crippen LogP contribution in [0.4, 0.5) is 0 Å². The standard InChI is InChI=1S/C13H21NO3S/c1-12-4-6-13(7-5-12)17-9-2-3-10-18(15,16)11-8-14/h4-7H,2-3,8-11,14H2,1H3. The van der Waals surface area contributed by atoms with Crippen molar-refractivity contribution in [3.63, 3.8) is 0 Å². The fourth-order valence-electron chi connectivity index (χ4n) is 1.53. The first-order valence-electron chi connectivity index (χ1n) is 6.13. The second kappa shape index (κ2) is 7.38. The molecule has 0 saturated heterocycles. The summed E-state index contributed by atoms with van der Waals surface area (Å²) in [6.07, 6.45) is 1.35. The highest BCUT2D eigenvalue weighted by molar-refractivity contribution is 7.91. The van der Waals surface area contributed by atoms with Crippen LogP contribution in [0, 0.1) is 6.92 Å². The van der Waals surface area contributed by atoms with Crippen LogP contribution < -0.4 is 10.5 Å². The molecular formula is C13H21NO3S. The zero-order valence-electron chi connectivity index (χ0n) is 10.8. The summed E-state index contributed by atoms with van der Waals surface area (Å²) in [7, 11) is -2.96. The van der Waals surface area contributed by atoms with Gasteiger partial charge in [-0.05, 0) is 31.9 Å². The maximum Gasteiger partial charge on any atom is 0.151 e. The predicted octanol–water partition coefficient (Wildman–Crippen LogP) is 1.53. The predicted molar refractivity (Wildman–Crippen MR) is 73.6 cm³/mol. The molecule has 1 aromatic rings. The molecule has 2 N–H and O–H groups in total. The van der Waals surface area contributed by atoms with Crippen LogP contribution in [0.5, 0.6) is 5.75 Å². The smallest absolute Gasteiger partial charge is 0.151 e. The molecule has 0 aromatic heterocycles. The van der Waals surface area contributed by atoms with Gasteiger partial charge < -0.3 is 10.5 Å². The lowest BCUT2D eigenvalue weighted by Crippen LogP contribution is -2.18. The lowest BCUT2D eigenvalue weighted by molar-refractivity contribution is 0.309. The van der Waals surface area contributed by atoms with E-state index in [1.807, 2.05) is 31.2 Å². The van der Waals surface area contributed by atoms with Crippen LogP contribution in [0.25, 0.3) is 0 Å². The largest absolute Gasteiger partial charge is 0.494 e. The van der Waals surface area contributed by atoms with Crippen molar-refractivity contribution in [2.24, 2.45) is 5.73 Å². The molecule has 0 unspecified atom stereocenters. The molecule has 0 radical (unpaired) electrons. The van der Waals surface area contributed by atoms with Gasteiger partial charge in [-0.1, -0.05) is 17.7 Å². The van der Waals surface area contributed by atoms with Gasteiger partial charge in [0.1, 0.15) is 5.75 Å². The van der Waals surface area contributed by atoms with Gasteiger partial charge in [0.15, 0.2) is 9.84 Å². The Morgan fingerprint density at radius 2 is 1.78 bits per heavy atom. The normalized spacial score (nSPS) is 11.4. The van der Waals surface area contributed by atoms with E-state index in [0.29, 0.717) is 13.0 Å². The van der Waals surface area contributed by atoms with Gasteiger partial charge in [-0.3, -0.25) is 0 Å². The Morgan fingerprint density at radius 3 is 2.39 bits per heavy atom. The summed E-state index contributed by atoms with van der Waals surface area (Å²) in [4.78, 5) is 0. The minimum atomic E-state index is -2.96. The lowest BCUT2D eigenvalue weighted by Gasteiger charge is -2.06. The third-order valence-corrected chi connectivity index (χ3v) is 4.34. The molecule has 1 rings (SSSR count). The number of hydrogen-bond acceptors (Lipinski definition) is 4. The van der Waals surface area contributed by atoms with E-state index in [1.54, 1.807) is 0 Å². The molecule has 5 heteroatoms. The van der Waals surface area contributed by atoms with Crippen molar-refractivity contribution < 1.29 is 13.2 Å². The third-order valence-electron chi connectivity index (χ3n) is 2.57. The SMILES string of the molecule is Cc1ccc(OCCCCS(=O)(=O)CCN)cc1. The second-order valence-corrected chi connectivity index (χ2v) is 6.61. The summed E-state index contributed by atoms with van der Waals surface area (Å²) in [6, 6.07) is 7.81. The molecule has 0 amide bonds. The van der Waals surface area contributed by atoms with Gasteiger partial charge in [0.05, 0.1) is 18.1 Å². The number of rotatable bonds is 8. The number of nitrogens with two attached hydrogens (primary N) is 1. The summed E-state index contributed by atoms with van der Waals surface area (Å²) in [5, 5.41) is 0. The Morgan fingerprint density at radius 1 is 1.11 bits per heavy atom. The molecule has 4 nitrogen and oxygen atoms in total. The van der Waals surface area contributed by atoms with Crippen molar-refractivity contribution in [2.45, 2.75) is 19.8 Å². The Balaban J connectivity index is 2.18. The Bertz CT molecular complexity index is 440. The molecule has 0 heterocycles. The quantitative estimate of drug-likeness (QED) is 0.728. The van der Waals surface area contributed by atoms with Crippen molar-refractivity contribution in [2.75, 3.05) is 24.7 Å². The second-order valence-electron chi connectivity index (χ2n) is 4.31. The third kappa shape index (κ3) is 6.02. The fraction of sp³-hybridized carbons (Fsp3) is 0.538. The van der Waals surface area contributed by atoms with Gasteiger partial charge in [-0.2, -0.15) is 0 Å². The monoisotopic (exact) mass is 271 g/mol. The van der Waals surface area contributed by atoms with Crippen LogP contribution in [0.15, 0.2) is 24.3 Å². The number of sulfone groups is 1. The minimum absolute atomic E-state index is 0.0752. The summed E-state index contributed by atoms with van der Waals surface area (Å²) in [5.41, 5.74) is 6.42. The van der Waals surface area contributed by atoms with Gasteiger partial charge in [0.2, 0.25) is 0 Å². The van der Waals surface area contributed by atoms with Crippen LogP contribution in [0.2, 0.25) is 0 Å². The number of ether oxygens (including phenoxy) is 1. The molecule has 0 fully saturated rings. The van der Waals surface area contributed by atoms with E-state index in [4.69, 9.17) is 10.5 Å². The van der Waals surface area contributed by atoms with Crippen LogP contribution >= 0.6 is 0 Å². The molecule has 102 valence electrons. The molecular weight excluding hydrogens is 250 g/mol. The number of hydrogen-bond donors (Lipinski definition) is 1. The van der Waals surface area contributed by atoms with Gasteiger partial charge in [0.25, 0.3) is 0 Å². The molecule has 0 saturated carbocycles. The highest BCUT2D eigenvalue weighted by Gasteiger charge is 2.08. The van der Waals surface area contributed by atoms with Crippen LogP contribution in [-0.2, 0) is 9.84 Å². The molecule has 0 aliphatic carbocycles. The highest BCUT2D eigenvalue weighted by Crippen LogP contribution is 2.11. The Kier molecular flexibility index (Phi) is 6.15. The summed E-state index contributed by atoms with van der Waals surface area (Å²) in [6.45, 7) is 2.76. The molecule has 0 atom stereocenters. The Labute approximate surface area is 109 Å². The van der Waals surface area contributed by atoms with Crippen LogP contribution in [0.1, 0.15) is 18.4 Å². The van der Waals surface area contributed by atoms with Crippen molar-refractivity contribution in [1.82, 2.24) is 0 Å². The van der Waals surface area contributed by atoms with E-state index in [-0.39, 0.29) is 18.1 Å². The first-order chi connectivity index (χ1) is 8.53. The van der Waals surface area contributed by atoms with E-state index >= 15 is 0 Å². The molecule has 0 aliphatic heterocycles. The Hall–Kier alpha value is -1.07. The van der Waals surface area contributed by atoms with Crippen molar-refractivity contribution in [3.05, 3.63) is 29.8 Å². The molecule has 0 bridgehead atoms. The fourth-order valence-corrected chi connectivity index (χ4v) is 2.74. The summed E-state index contributed by atoms with van der Waals surface area (Å²) < 4.78 is 28.3. The average Bonchev–Trinajstić information content (AvgIpc) is 2.31. The summed E-state index contributed by atoms with van der Waals surface area (Å²) in [5.74, 6) is 1.10. The minimum Gasteiger partial charge on any atom is -0.494 e. The van der Waals surface area contributed by atoms with E-state index in [9.17, 15) is 8.42 Å². The van der Waals surface area contributed by atoms with Crippen molar-refractivity contribution in [1.29, 1.82) is 0 Å².